The average molecular weight is 400 g/mol. The summed E-state index contributed by atoms with van der Waals surface area (Å²) in [6.45, 7) is 5.76. The highest BCUT2D eigenvalue weighted by Crippen LogP contribution is 2.21. The van der Waals surface area contributed by atoms with Gasteiger partial charge in [0.05, 0.1) is 28.5 Å². The number of carbonyl (C=O) groups is 1. The van der Waals surface area contributed by atoms with Crippen molar-refractivity contribution in [2.24, 2.45) is 0 Å². The molecule has 0 aliphatic heterocycles. The Hall–Kier alpha value is -3.56. The van der Waals surface area contributed by atoms with Crippen LogP contribution in [0.1, 0.15) is 29.1 Å². The van der Waals surface area contributed by atoms with Gasteiger partial charge in [-0.05, 0) is 38.5 Å². The Bertz CT molecular complexity index is 1070. The summed E-state index contributed by atoms with van der Waals surface area (Å²) in [5.74, 6) is -0.566. The van der Waals surface area contributed by atoms with Crippen molar-refractivity contribution in [2.75, 3.05) is 5.32 Å². The molecule has 1 amide bonds. The largest absolute Gasteiger partial charge is 0.323 e. The average Bonchev–Trinajstić information content (AvgIpc) is 3.15. The first-order valence-corrected chi connectivity index (χ1v) is 9.01. The molecule has 0 bridgehead atoms. The van der Waals surface area contributed by atoms with Gasteiger partial charge >= 0.3 is 5.69 Å². The molecule has 1 N–H and O–H groups in total. The van der Waals surface area contributed by atoms with Crippen LogP contribution in [0.4, 0.5) is 15.8 Å². The highest BCUT2D eigenvalue weighted by atomic mass is 19.1. The maximum absolute atomic E-state index is 13.4. The van der Waals surface area contributed by atoms with Crippen molar-refractivity contribution in [3.05, 3.63) is 69.0 Å². The number of hydrogen-bond donors (Lipinski definition) is 1. The Morgan fingerprint density at radius 3 is 2.66 bits per heavy atom. The molecule has 0 aliphatic carbocycles. The molecule has 0 spiro atoms. The number of nitro groups is 1. The van der Waals surface area contributed by atoms with Gasteiger partial charge in [0, 0.05) is 13.0 Å². The second-order valence-corrected chi connectivity index (χ2v) is 6.75. The number of nitrogens with zero attached hydrogens (tertiary/aromatic N) is 5. The number of anilines is 1. The molecule has 3 rings (SSSR count). The number of amides is 1. The zero-order valence-electron chi connectivity index (χ0n) is 16.3. The van der Waals surface area contributed by atoms with Crippen molar-refractivity contribution in [3.8, 4) is 0 Å². The number of hydrogen-bond acceptors (Lipinski definition) is 5. The fourth-order valence-corrected chi connectivity index (χ4v) is 3.06. The van der Waals surface area contributed by atoms with Gasteiger partial charge in [-0.15, -0.1) is 0 Å². The minimum atomic E-state index is -0.501. The molecule has 2 aromatic heterocycles. The summed E-state index contributed by atoms with van der Waals surface area (Å²) in [4.78, 5) is 22.7. The zero-order valence-corrected chi connectivity index (χ0v) is 16.3. The second-order valence-electron chi connectivity index (χ2n) is 6.75. The zero-order chi connectivity index (χ0) is 21.1. The lowest BCUT2D eigenvalue weighted by molar-refractivity contribution is -0.385. The van der Waals surface area contributed by atoms with Crippen molar-refractivity contribution in [1.82, 2.24) is 19.6 Å². The molecule has 29 heavy (non-hydrogen) atoms. The van der Waals surface area contributed by atoms with E-state index < -0.39 is 4.92 Å². The third-order valence-electron chi connectivity index (χ3n) is 4.55. The van der Waals surface area contributed by atoms with Gasteiger partial charge in [0.15, 0.2) is 0 Å². The number of nitrogens with one attached hydrogen (secondary N) is 1. The third kappa shape index (κ3) is 4.65. The van der Waals surface area contributed by atoms with Crippen molar-refractivity contribution in [3.63, 3.8) is 0 Å². The third-order valence-corrected chi connectivity index (χ3v) is 4.55. The van der Waals surface area contributed by atoms with Crippen LogP contribution in [0.2, 0.25) is 0 Å². The lowest BCUT2D eigenvalue weighted by Gasteiger charge is -2.08. The predicted molar refractivity (Wildman–Crippen MR) is 104 cm³/mol. The van der Waals surface area contributed by atoms with Crippen LogP contribution in [0, 0.1) is 36.7 Å². The van der Waals surface area contributed by atoms with E-state index >= 15 is 0 Å². The Balaban J connectivity index is 1.65. The highest BCUT2D eigenvalue weighted by molar-refractivity contribution is 5.91. The minimum absolute atomic E-state index is 0.0734. The Labute approximate surface area is 166 Å². The lowest BCUT2D eigenvalue weighted by Crippen LogP contribution is -2.16. The number of rotatable bonds is 7. The molecule has 9 nitrogen and oxygen atoms in total. The van der Waals surface area contributed by atoms with Gasteiger partial charge in [-0.25, -0.2) is 4.39 Å². The van der Waals surface area contributed by atoms with E-state index in [0.29, 0.717) is 23.6 Å². The number of benzene rings is 1. The van der Waals surface area contributed by atoms with E-state index in [1.54, 1.807) is 24.6 Å². The van der Waals surface area contributed by atoms with Crippen LogP contribution in [0.15, 0.2) is 30.5 Å². The minimum Gasteiger partial charge on any atom is -0.323 e. The number of halogens is 1. The van der Waals surface area contributed by atoms with E-state index in [-0.39, 0.29) is 30.4 Å². The molecule has 0 unspecified atom stereocenters. The smallest absolute Gasteiger partial charge is 0.309 e. The van der Waals surface area contributed by atoms with Crippen molar-refractivity contribution in [2.45, 2.75) is 40.3 Å². The molecular weight excluding hydrogens is 379 g/mol. The molecular formula is C19H21FN6O3. The monoisotopic (exact) mass is 400 g/mol. The summed E-state index contributed by atoms with van der Waals surface area (Å²) >= 11 is 0. The number of carbonyl (C=O) groups excluding carboxylic acids is 1. The van der Waals surface area contributed by atoms with E-state index in [1.165, 1.54) is 23.0 Å². The van der Waals surface area contributed by atoms with E-state index in [4.69, 9.17) is 0 Å². The standard InChI is InChI=1S/C19H21FN6O3/c1-12-17(26(28)29)11-24(22-12)8-7-18(27)21-19-13(2)23-25(14(19)3)10-15-5-4-6-16(20)9-15/h4-6,9,11H,7-8,10H2,1-3H3,(H,21,27). The molecule has 0 saturated carbocycles. The van der Waals surface area contributed by atoms with Crippen LogP contribution >= 0.6 is 0 Å². The van der Waals surface area contributed by atoms with Gasteiger partial charge in [0.1, 0.15) is 17.7 Å². The highest BCUT2D eigenvalue weighted by Gasteiger charge is 2.17. The maximum Gasteiger partial charge on any atom is 0.309 e. The molecule has 0 fully saturated rings. The first kappa shape index (κ1) is 20.2. The Morgan fingerprint density at radius 2 is 2.00 bits per heavy atom. The Morgan fingerprint density at radius 1 is 1.24 bits per heavy atom. The Kier molecular flexibility index (Phi) is 5.71. The summed E-state index contributed by atoms with van der Waals surface area (Å²) in [7, 11) is 0. The molecule has 10 heteroatoms. The van der Waals surface area contributed by atoms with Crippen LogP contribution in [0.5, 0.6) is 0 Å². The topological polar surface area (TPSA) is 108 Å². The van der Waals surface area contributed by atoms with Crippen LogP contribution in [0.25, 0.3) is 0 Å². The van der Waals surface area contributed by atoms with Crippen molar-refractivity contribution >= 4 is 17.3 Å². The van der Waals surface area contributed by atoms with Crippen LogP contribution in [-0.4, -0.2) is 30.4 Å². The summed E-state index contributed by atoms with van der Waals surface area (Å²) in [6.07, 6.45) is 1.42. The second kappa shape index (κ2) is 8.21. The van der Waals surface area contributed by atoms with E-state index in [9.17, 15) is 19.3 Å². The van der Waals surface area contributed by atoms with Gasteiger partial charge in [-0.1, -0.05) is 12.1 Å². The molecule has 0 saturated heterocycles. The van der Waals surface area contributed by atoms with E-state index in [0.717, 1.165) is 11.3 Å². The number of aryl methyl sites for hydroxylation is 3. The summed E-state index contributed by atoms with van der Waals surface area (Å²) < 4.78 is 16.5. The van der Waals surface area contributed by atoms with Crippen molar-refractivity contribution < 1.29 is 14.1 Å². The summed E-state index contributed by atoms with van der Waals surface area (Å²) in [5, 5.41) is 22.2. The lowest BCUT2D eigenvalue weighted by atomic mass is 10.2. The van der Waals surface area contributed by atoms with Crippen molar-refractivity contribution in [1.29, 1.82) is 0 Å². The fourth-order valence-electron chi connectivity index (χ4n) is 3.06. The molecule has 1 aromatic carbocycles. The van der Waals surface area contributed by atoms with Gasteiger partial charge in [-0.2, -0.15) is 10.2 Å². The number of aromatic nitrogens is 4. The maximum atomic E-state index is 13.4. The predicted octanol–water partition coefficient (Wildman–Crippen LogP) is 3.13. The van der Waals surface area contributed by atoms with Gasteiger partial charge < -0.3 is 5.32 Å². The van der Waals surface area contributed by atoms with Gasteiger partial charge in [0.25, 0.3) is 0 Å². The molecule has 0 radical (unpaired) electrons. The fraction of sp³-hybridized carbons (Fsp3) is 0.316. The normalized spacial score (nSPS) is 10.9. The molecule has 0 atom stereocenters. The van der Waals surface area contributed by atoms with Crippen LogP contribution < -0.4 is 5.32 Å². The van der Waals surface area contributed by atoms with E-state index in [2.05, 4.69) is 15.5 Å². The van der Waals surface area contributed by atoms with E-state index in [1.807, 2.05) is 13.0 Å². The van der Waals surface area contributed by atoms with Crippen LogP contribution in [0.3, 0.4) is 0 Å². The first-order valence-electron chi connectivity index (χ1n) is 9.01. The molecule has 152 valence electrons. The summed E-state index contributed by atoms with van der Waals surface area (Å²) in [5.41, 5.74) is 3.01. The molecule has 0 aliphatic rings. The van der Waals surface area contributed by atoms with Gasteiger partial charge in [0.2, 0.25) is 5.91 Å². The van der Waals surface area contributed by atoms with Crippen LogP contribution in [-0.2, 0) is 17.9 Å². The first-order chi connectivity index (χ1) is 13.7. The SMILES string of the molecule is Cc1nn(CCC(=O)Nc2c(C)nn(Cc3cccc(F)c3)c2C)cc1[N+](=O)[O-]. The van der Waals surface area contributed by atoms with Gasteiger partial charge in [-0.3, -0.25) is 24.3 Å². The molecule has 3 aromatic rings. The molecule has 2 heterocycles. The quantitative estimate of drug-likeness (QED) is 0.484. The summed E-state index contributed by atoms with van der Waals surface area (Å²) in [6, 6.07) is 6.27.